The first kappa shape index (κ1) is 19.2. The van der Waals surface area contributed by atoms with E-state index in [1.165, 1.54) is 6.07 Å². The van der Waals surface area contributed by atoms with E-state index < -0.39 is 12.4 Å². The molecule has 0 saturated carbocycles. The van der Waals surface area contributed by atoms with Crippen LogP contribution in [0.1, 0.15) is 16.7 Å². The molecule has 1 fully saturated rings. The topological polar surface area (TPSA) is 15.3 Å². The number of terminal acetylenes is 1. The van der Waals surface area contributed by atoms with Gasteiger partial charge in [0, 0.05) is 38.3 Å². The molecular formula is C14H17BF3KN2. The van der Waals surface area contributed by atoms with Crippen molar-refractivity contribution in [3.8, 4) is 12.3 Å². The molecule has 0 aliphatic carbocycles. The molecule has 2 rings (SSSR count). The quantitative estimate of drug-likeness (QED) is 0.535. The Morgan fingerprint density at radius 3 is 2.43 bits per heavy atom. The molecule has 0 amide bonds. The maximum atomic E-state index is 13.0. The molecular weight excluding hydrogens is 303 g/mol. The first-order chi connectivity index (χ1) is 9.41. The smallest absolute Gasteiger partial charge is 0.445 e. The van der Waals surface area contributed by atoms with Gasteiger partial charge in [-0.3, -0.25) is 4.90 Å². The minimum Gasteiger partial charge on any atom is -0.445 e. The van der Waals surface area contributed by atoms with E-state index in [9.17, 15) is 12.9 Å². The summed E-state index contributed by atoms with van der Waals surface area (Å²) in [6.07, 6.45) is 5.33. The van der Waals surface area contributed by atoms with Gasteiger partial charge < -0.3 is 18.3 Å². The van der Waals surface area contributed by atoms with Crippen LogP contribution >= 0.6 is 0 Å². The Hall–Kier alpha value is 0.191. The van der Waals surface area contributed by atoms with E-state index in [2.05, 4.69) is 16.1 Å². The summed E-state index contributed by atoms with van der Waals surface area (Å²) in [7, 11) is 0. The van der Waals surface area contributed by atoms with Gasteiger partial charge in [-0.15, -0.1) is 11.9 Å². The summed E-state index contributed by atoms with van der Waals surface area (Å²) in [5.74, 6) is 2.36. The summed E-state index contributed by atoms with van der Waals surface area (Å²) in [5.41, 5.74) is 1.19. The largest absolute Gasteiger partial charge is 1.00 e. The summed E-state index contributed by atoms with van der Waals surface area (Å²) in [5, 5.41) is 3.22. The van der Waals surface area contributed by atoms with E-state index in [1.54, 1.807) is 6.92 Å². The zero-order valence-corrected chi connectivity index (χ0v) is 15.5. The fraction of sp³-hybridized carbons (Fsp3) is 0.429. The monoisotopic (exact) mass is 320 g/mol. The van der Waals surface area contributed by atoms with Crippen molar-refractivity contribution in [3.05, 3.63) is 28.8 Å². The molecule has 0 aromatic heterocycles. The number of nitrogens with one attached hydrogen (secondary N) is 1. The summed E-state index contributed by atoms with van der Waals surface area (Å²) < 4.78 is 38.9. The van der Waals surface area contributed by atoms with E-state index >= 15 is 0 Å². The van der Waals surface area contributed by atoms with E-state index in [-0.39, 0.29) is 51.4 Å². The van der Waals surface area contributed by atoms with Gasteiger partial charge in [0.15, 0.2) is 0 Å². The molecule has 0 spiro atoms. The van der Waals surface area contributed by atoms with Crippen molar-refractivity contribution in [3.63, 3.8) is 0 Å². The molecule has 0 bridgehead atoms. The Balaban J connectivity index is 0.00000220. The number of benzene rings is 1. The molecule has 7 heteroatoms. The van der Waals surface area contributed by atoms with Crippen LogP contribution in [0.5, 0.6) is 0 Å². The van der Waals surface area contributed by atoms with Gasteiger partial charge in [-0.1, -0.05) is 18.1 Å². The van der Waals surface area contributed by atoms with Gasteiger partial charge in [0.05, 0.1) is 0 Å². The van der Waals surface area contributed by atoms with Crippen molar-refractivity contribution >= 4 is 12.4 Å². The van der Waals surface area contributed by atoms with Gasteiger partial charge in [-0.2, -0.15) is 0 Å². The molecule has 1 aromatic carbocycles. The van der Waals surface area contributed by atoms with Crippen molar-refractivity contribution in [2.45, 2.75) is 13.5 Å². The standard InChI is InChI=1S/C14H17BF3N2.K/c1-3-12-8-14(15(16,17)18)9-13(11(12)2)10-20-6-4-19-5-7-20;/h1,8-9,19H,4-7,10H2,2H3;/q-1;+1. The normalized spacial score (nSPS) is 16.1. The summed E-state index contributed by atoms with van der Waals surface area (Å²) in [4.78, 5) is 2.15. The van der Waals surface area contributed by atoms with Crippen molar-refractivity contribution in [1.29, 1.82) is 0 Å². The second kappa shape index (κ2) is 8.16. The van der Waals surface area contributed by atoms with Crippen LogP contribution in [-0.2, 0) is 6.54 Å². The second-order valence-electron chi connectivity index (χ2n) is 5.10. The second-order valence-corrected chi connectivity index (χ2v) is 5.10. The van der Waals surface area contributed by atoms with Crippen LogP contribution in [0.15, 0.2) is 12.1 Å². The number of nitrogens with zero attached hydrogens (tertiary/aromatic N) is 1. The number of piperazine rings is 1. The summed E-state index contributed by atoms with van der Waals surface area (Å²) >= 11 is 0. The number of hydrogen-bond donors (Lipinski definition) is 1. The Morgan fingerprint density at radius 1 is 1.29 bits per heavy atom. The minimum absolute atomic E-state index is 0. The third kappa shape index (κ3) is 5.10. The van der Waals surface area contributed by atoms with Crippen molar-refractivity contribution < 1.29 is 64.3 Å². The van der Waals surface area contributed by atoms with Crippen LogP contribution in [0, 0.1) is 19.3 Å². The van der Waals surface area contributed by atoms with Crippen LogP contribution in [0.25, 0.3) is 0 Å². The fourth-order valence-corrected chi connectivity index (χ4v) is 2.41. The number of hydrogen-bond acceptors (Lipinski definition) is 2. The van der Waals surface area contributed by atoms with E-state index in [0.717, 1.165) is 37.8 Å². The van der Waals surface area contributed by atoms with Crippen LogP contribution in [0.3, 0.4) is 0 Å². The predicted octanol–water partition coefficient (Wildman–Crippen LogP) is -1.56. The minimum atomic E-state index is -5.02. The molecule has 0 atom stereocenters. The summed E-state index contributed by atoms with van der Waals surface area (Å²) in [6, 6.07) is 2.33. The Morgan fingerprint density at radius 2 is 1.90 bits per heavy atom. The number of rotatable bonds is 3. The molecule has 1 heterocycles. The van der Waals surface area contributed by atoms with Crippen LogP contribution in [-0.4, -0.2) is 38.1 Å². The maximum Gasteiger partial charge on any atom is 1.00 e. The van der Waals surface area contributed by atoms with Gasteiger partial charge in [-0.05, 0) is 18.1 Å². The Labute approximate surface area is 166 Å². The molecule has 2 nitrogen and oxygen atoms in total. The van der Waals surface area contributed by atoms with E-state index in [0.29, 0.717) is 17.7 Å². The van der Waals surface area contributed by atoms with Gasteiger partial charge in [-0.25, -0.2) is 0 Å². The molecule has 1 aliphatic rings. The molecule has 0 radical (unpaired) electrons. The van der Waals surface area contributed by atoms with Crippen molar-refractivity contribution in [2.75, 3.05) is 26.2 Å². The fourth-order valence-electron chi connectivity index (χ4n) is 2.41. The Kier molecular flexibility index (Phi) is 7.47. The van der Waals surface area contributed by atoms with Gasteiger partial charge in [0.25, 0.3) is 0 Å². The molecule has 1 aromatic rings. The molecule has 1 aliphatic heterocycles. The first-order valence-corrected chi connectivity index (χ1v) is 6.65. The SMILES string of the molecule is C#Cc1cc([B-](F)(F)F)cc(CN2CCNCC2)c1C.[K+]. The van der Waals surface area contributed by atoms with Gasteiger partial charge in [0.1, 0.15) is 0 Å². The van der Waals surface area contributed by atoms with E-state index in [1.807, 2.05) is 0 Å². The van der Waals surface area contributed by atoms with E-state index in [4.69, 9.17) is 6.42 Å². The molecule has 0 unspecified atom stereocenters. The maximum absolute atomic E-state index is 13.0. The molecule has 1 saturated heterocycles. The number of halogens is 3. The van der Waals surface area contributed by atoms with Crippen molar-refractivity contribution in [1.82, 2.24) is 10.2 Å². The van der Waals surface area contributed by atoms with Gasteiger partial charge >= 0.3 is 58.4 Å². The zero-order chi connectivity index (χ0) is 14.8. The third-order valence-electron chi connectivity index (χ3n) is 3.67. The molecule has 1 N–H and O–H groups in total. The first-order valence-electron chi connectivity index (χ1n) is 6.65. The average Bonchev–Trinajstić information content (AvgIpc) is 2.41. The van der Waals surface area contributed by atoms with Crippen molar-refractivity contribution in [2.24, 2.45) is 0 Å². The van der Waals surface area contributed by atoms with Crippen LogP contribution < -0.4 is 62.2 Å². The third-order valence-corrected chi connectivity index (χ3v) is 3.67. The molecule has 21 heavy (non-hydrogen) atoms. The Bertz CT molecular complexity index is 534. The average molecular weight is 320 g/mol. The predicted molar refractivity (Wildman–Crippen MR) is 76.0 cm³/mol. The van der Waals surface area contributed by atoms with Crippen LogP contribution in [0.2, 0.25) is 0 Å². The molecule has 108 valence electrons. The zero-order valence-electron chi connectivity index (χ0n) is 12.4. The van der Waals surface area contributed by atoms with Crippen LogP contribution in [0.4, 0.5) is 12.9 Å². The van der Waals surface area contributed by atoms with Gasteiger partial charge in [0.2, 0.25) is 0 Å². The summed E-state index contributed by atoms with van der Waals surface area (Å²) in [6.45, 7) is 0.694.